The first kappa shape index (κ1) is 15.4. The molecule has 106 valence electrons. The van der Waals surface area contributed by atoms with Crippen molar-refractivity contribution < 1.29 is 4.79 Å². The van der Waals surface area contributed by atoms with Crippen molar-refractivity contribution in [3.05, 3.63) is 18.0 Å². The van der Waals surface area contributed by atoms with Gasteiger partial charge >= 0.3 is 0 Å². The van der Waals surface area contributed by atoms with Crippen LogP contribution < -0.4 is 4.90 Å². The van der Waals surface area contributed by atoms with Crippen molar-refractivity contribution in [3.63, 3.8) is 0 Å². The number of nitrogens with zero attached hydrogens (tertiary/aromatic N) is 4. The number of carbonyl (C=O) groups is 1. The summed E-state index contributed by atoms with van der Waals surface area (Å²) in [6, 6.07) is 0. The van der Waals surface area contributed by atoms with Gasteiger partial charge < -0.3 is 9.80 Å². The van der Waals surface area contributed by atoms with Crippen molar-refractivity contribution in [2.45, 2.75) is 33.6 Å². The van der Waals surface area contributed by atoms with Crippen LogP contribution in [0.3, 0.4) is 0 Å². The van der Waals surface area contributed by atoms with Gasteiger partial charge in [0.05, 0.1) is 5.56 Å². The molecule has 0 fully saturated rings. The summed E-state index contributed by atoms with van der Waals surface area (Å²) < 4.78 is 0. The monoisotopic (exact) mass is 264 g/mol. The summed E-state index contributed by atoms with van der Waals surface area (Å²) in [5.74, 6) is 0.664. The first-order valence-corrected chi connectivity index (χ1v) is 6.96. The summed E-state index contributed by atoms with van der Waals surface area (Å²) in [6.07, 6.45) is 5.33. The second kappa shape index (κ2) is 7.71. The Bertz CT molecular complexity index is 387. The molecule has 1 aromatic rings. The van der Waals surface area contributed by atoms with Crippen LogP contribution in [0.5, 0.6) is 0 Å². The van der Waals surface area contributed by atoms with Gasteiger partial charge in [0.1, 0.15) is 0 Å². The SMILES string of the molecule is CCCCN(C)C(=O)c1cnc(N(CC)CC)nc1. The predicted octanol–water partition coefficient (Wildman–Crippen LogP) is 2.19. The Balaban J connectivity index is 2.72. The molecule has 0 aliphatic rings. The lowest BCUT2D eigenvalue weighted by molar-refractivity contribution is 0.0792. The standard InChI is InChI=1S/C14H24N4O/c1-5-8-9-17(4)13(19)12-10-15-14(16-11-12)18(6-2)7-3/h10-11H,5-9H2,1-4H3. The molecule has 1 aromatic heterocycles. The highest BCUT2D eigenvalue weighted by Gasteiger charge is 2.13. The van der Waals surface area contributed by atoms with Gasteiger partial charge in [-0.1, -0.05) is 13.3 Å². The number of aromatic nitrogens is 2. The Morgan fingerprint density at radius 3 is 2.21 bits per heavy atom. The third-order valence-corrected chi connectivity index (χ3v) is 3.13. The van der Waals surface area contributed by atoms with Gasteiger partial charge in [0.2, 0.25) is 5.95 Å². The van der Waals surface area contributed by atoms with E-state index in [9.17, 15) is 4.79 Å². The third-order valence-electron chi connectivity index (χ3n) is 3.13. The average Bonchev–Trinajstić information content (AvgIpc) is 2.46. The largest absolute Gasteiger partial charge is 0.342 e. The molecule has 0 N–H and O–H groups in total. The Morgan fingerprint density at radius 1 is 1.16 bits per heavy atom. The van der Waals surface area contributed by atoms with Crippen molar-refractivity contribution >= 4 is 11.9 Å². The number of rotatable bonds is 7. The summed E-state index contributed by atoms with van der Waals surface area (Å²) >= 11 is 0. The van der Waals surface area contributed by atoms with Gasteiger partial charge in [0, 0.05) is 39.1 Å². The number of hydrogen-bond donors (Lipinski definition) is 0. The zero-order chi connectivity index (χ0) is 14.3. The maximum Gasteiger partial charge on any atom is 0.256 e. The molecule has 19 heavy (non-hydrogen) atoms. The summed E-state index contributed by atoms with van der Waals surface area (Å²) in [5.41, 5.74) is 0.550. The van der Waals surface area contributed by atoms with Gasteiger partial charge in [0.15, 0.2) is 0 Å². The third kappa shape index (κ3) is 4.19. The Hall–Kier alpha value is -1.65. The Labute approximate surface area is 115 Å². The molecule has 1 amide bonds. The fraction of sp³-hybridized carbons (Fsp3) is 0.643. The molecule has 1 heterocycles. The summed E-state index contributed by atoms with van der Waals surface area (Å²) in [7, 11) is 1.82. The molecule has 0 unspecified atom stereocenters. The highest BCUT2D eigenvalue weighted by Crippen LogP contribution is 2.08. The molecular formula is C14H24N4O. The van der Waals surface area contributed by atoms with Crippen LogP contribution >= 0.6 is 0 Å². The maximum atomic E-state index is 12.1. The quantitative estimate of drug-likeness (QED) is 0.757. The van der Waals surface area contributed by atoms with Crippen LogP contribution in [0.15, 0.2) is 12.4 Å². The minimum Gasteiger partial charge on any atom is -0.342 e. The number of unbranched alkanes of at least 4 members (excludes halogenated alkanes) is 1. The van der Waals surface area contributed by atoms with E-state index in [1.54, 1.807) is 17.3 Å². The van der Waals surface area contributed by atoms with Gasteiger partial charge in [-0.25, -0.2) is 9.97 Å². The van der Waals surface area contributed by atoms with Gasteiger partial charge in [-0.15, -0.1) is 0 Å². The first-order chi connectivity index (χ1) is 9.13. The summed E-state index contributed by atoms with van der Waals surface area (Å²) in [6.45, 7) is 8.72. The highest BCUT2D eigenvalue weighted by molar-refractivity contribution is 5.93. The molecular weight excluding hydrogens is 240 g/mol. The molecule has 0 atom stereocenters. The molecule has 5 nitrogen and oxygen atoms in total. The van der Waals surface area contributed by atoms with E-state index in [1.807, 2.05) is 7.05 Å². The van der Waals surface area contributed by atoms with E-state index in [1.165, 1.54) is 0 Å². The van der Waals surface area contributed by atoms with Crippen LogP contribution in [-0.2, 0) is 0 Å². The molecule has 0 aliphatic carbocycles. The number of anilines is 1. The van der Waals surface area contributed by atoms with Crippen molar-refractivity contribution in [3.8, 4) is 0 Å². The lowest BCUT2D eigenvalue weighted by atomic mass is 10.2. The first-order valence-electron chi connectivity index (χ1n) is 6.96. The molecule has 0 aliphatic heterocycles. The second-order valence-electron chi connectivity index (χ2n) is 4.52. The van der Waals surface area contributed by atoms with Gasteiger partial charge in [-0.2, -0.15) is 0 Å². The smallest absolute Gasteiger partial charge is 0.256 e. The van der Waals surface area contributed by atoms with Crippen LogP contribution in [0.2, 0.25) is 0 Å². The van der Waals surface area contributed by atoms with Crippen LogP contribution in [0.1, 0.15) is 44.0 Å². The zero-order valence-corrected chi connectivity index (χ0v) is 12.4. The van der Waals surface area contributed by atoms with Crippen molar-refractivity contribution in [2.24, 2.45) is 0 Å². The molecule has 0 saturated carbocycles. The fourth-order valence-corrected chi connectivity index (χ4v) is 1.82. The Morgan fingerprint density at radius 2 is 1.74 bits per heavy atom. The normalized spacial score (nSPS) is 10.3. The Kier molecular flexibility index (Phi) is 6.25. The zero-order valence-electron chi connectivity index (χ0n) is 12.4. The van der Waals surface area contributed by atoms with Crippen molar-refractivity contribution in [2.75, 3.05) is 31.6 Å². The number of carbonyl (C=O) groups excluding carboxylic acids is 1. The molecule has 5 heteroatoms. The topological polar surface area (TPSA) is 49.3 Å². The van der Waals surface area contributed by atoms with Crippen LogP contribution in [0.4, 0.5) is 5.95 Å². The molecule has 0 spiro atoms. The minimum atomic E-state index is -0.0143. The van der Waals surface area contributed by atoms with Crippen LogP contribution in [0, 0.1) is 0 Å². The van der Waals surface area contributed by atoms with E-state index >= 15 is 0 Å². The van der Waals surface area contributed by atoms with Gasteiger partial charge in [0.25, 0.3) is 5.91 Å². The lowest BCUT2D eigenvalue weighted by Crippen LogP contribution is -2.28. The average molecular weight is 264 g/mol. The molecule has 0 bridgehead atoms. The highest BCUT2D eigenvalue weighted by atomic mass is 16.2. The van der Waals surface area contributed by atoms with Gasteiger partial charge in [-0.3, -0.25) is 4.79 Å². The van der Waals surface area contributed by atoms with E-state index in [0.29, 0.717) is 11.5 Å². The fourth-order valence-electron chi connectivity index (χ4n) is 1.82. The lowest BCUT2D eigenvalue weighted by Gasteiger charge is -2.19. The molecule has 0 radical (unpaired) electrons. The molecule has 0 saturated heterocycles. The van der Waals surface area contributed by atoms with Gasteiger partial charge in [-0.05, 0) is 20.3 Å². The minimum absolute atomic E-state index is 0.0143. The van der Waals surface area contributed by atoms with Crippen LogP contribution in [-0.4, -0.2) is 47.5 Å². The van der Waals surface area contributed by atoms with Crippen molar-refractivity contribution in [1.82, 2.24) is 14.9 Å². The second-order valence-corrected chi connectivity index (χ2v) is 4.52. The summed E-state index contributed by atoms with van der Waals surface area (Å²) in [4.78, 5) is 24.4. The van der Waals surface area contributed by atoms with E-state index in [2.05, 4.69) is 35.6 Å². The summed E-state index contributed by atoms with van der Waals surface area (Å²) in [5, 5.41) is 0. The maximum absolute atomic E-state index is 12.1. The van der Waals surface area contributed by atoms with E-state index in [0.717, 1.165) is 32.5 Å². The van der Waals surface area contributed by atoms with Crippen molar-refractivity contribution in [1.29, 1.82) is 0 Å². The number of amides is 1. The number of hydrogen-bond acceptors (Lipinski definition) is 4. The van der Waals surface area contributed by atoms with E-state index < -0.39 is 0 Å². The predicted molar refractivity (Wildman–Crippen MR) is 77.5 cm³/mol. The molecule has 1 rings (SSSR count). The molecule has 0 aromatic carbocycles. The van der Waals surface area contributed by atoms with E-state index in [-0.39, 0.29) is 5.91 Å². The van der Waals surface area contributed by atoms with Crippen LogP contribution in [0.25, 0.3) is 0 Å². The van der Waals surface area contributed by atoms with E-state index in [4.69, 9.17) is 0 Å².